The van der Waals surface area contributed by atoms with Gasteiger partial charge in [-0.25, -0.2) is 0 Å². The van der Waals surface area contributed by atoms with Gasteiger partial charge in [0.2, 0.25) is 7.37 Å². The fourth-order valence-electron chi connectivity index (χ4n) is 1.87. The Morgan fingerprint density at radius 2 is 2.00 bits per heavy atom. The Balaban J connectivity index is 2.40. The summed E-state index contributed by atoms with van der Waals surface area (Å²) in [6.07, 6.45) is 6.76. The average molecular weight is 190 g/mol. The largest absolute Gasteiger partial charge is 0.344 e. The minimum Gasteiger partial charge on any atom is -0.344 e. The van der Waals surface area contributed by atoms with Gasteiger partial charge in [-0.3, -0.25) is 4.57 Å². The number of hydrogen-bond donors (Lipinski definition) is 1. The molecule has 1 atom stereocenters. The average Bonchev–Trinajstić information content (AvgIpc) is 2.53. The molecule has 1 fully saturated rings. The molecule has 2 nitrogen and oxygen atoms in total. The van der Waals surface area contributed by atoms with Crippen LogP contribution in [0.5, 0.6) is 0 Å². The van der Waals surface area contributed by atoms with Crippen LogP contribution in [0.4, 0.5) is 0 Å². The van der Waals surface area contributed by atoms with Crippen molar-refractivity contribution in [1.82, 2.24) is 0 Å². The van der Waals surface area contributed by atoms with Gasteiger partial charge in [0.15, 0.2) is 0 Å². The van der Waals surface area contributed by atoms with Gasteiger partial charge in [0.1, 0.15) is 0 Å². The molecule has 0 heterocycles. The van der Waals surface area contributed by atoms with E-state index < -0.39 is 7.37 Å². The van der Waals surface area contributed by atoms with Gasteiger partial charge in [-0.05, 0) is 19.3 Å². The Kier molecular flexibility index (Phi) is 3.79. The molecule has 1 N–H and O–H groups in total. The topological polar surface area (TPSA) is 37.3 Å². The summed E-state index contributed by atoms with van der Waals surface area (Å²) < 4.78 is 11.7. The van der Waals surface area contributed by atoms with E-state index in [9.17, 15) is 9.46 Å². The minimum absolute atomic E-state index is 0.143. The number of unbranched alkanes of at least 4 members (excludes halogenated alkanes) is 1. The summed E-state index contributed by atoms with van der Waals surface area (Å²) >= 11 is 0. The van der Waals surface area contributed by atoms with E-state index in [2.05, 4.69) is 6.92 Å². The van der Waals surface area contributed by atoms with E-state index in [4.69, 9.17) is 0 Å². The summed E-state index contributed by atoms with van der Waals surface area (Å²) in [6, 6.07) is 0. The Morgan fingerprint density at radius 3 is 2.50 bits per heavy atom. The van der Waals surface area contributed by atoms with Crippen molar-refractivity contribution >= 4 is 7.37 Å². The lowest BCUT2D eigenvalue weighted by molar-refractivity contribution is 0.460. The molecule has 0 aliphatic heterocycles. The van der Waals surface area contributed by atoms with Gasteiger partial charge in [-0.15, -0.1) is 0 Å². The second kappa shape index (κ2) is 4.43. The molecule has 72 valence electrons. The van der Waals surface area contributed by atoms with Crippen LogP contribution in [0.15, 0.2) is 0 Å². The summed E-state index contributed by atoms with van der Waals surface area (Å²) in [5, 5.41) is 0. The van der Waals surface area contributed by atoms with Crippen LogP contribution in [0.3, 0.4) is 0 Å². The molecule has 1 aliphatic carbocycles. The lowest BCUT2D eigenvalue weighted by Crippen LogP contribution is -2.05. The highest BCUT2D eigenvalue weighted by Crippen LogP contribution is 2.53. The zero-order valence-corrected chi connectivity index (χ0v) is 8.72. The Labute approximate surface area is 74.8 Å². The molecule has 0 bridgehead atoms. The van der Waals surface area contributed by atoms with Gasteiger partial charge < -0.3 is 4.89 Å². The van der Waals surface area contributed by atoms with Crippen molar-refractivity contribution in [2.24, 2.45) is 0 Å². The highest BCUT2D eigenvalue weighted by molar-refractivity contribution is 7.58. The molecule has 0 amide bonds. The van der Waals surface area contributed by atoms with E-state index >= 15 is 0 Å². The first-order chi connectivity index (χ1) is 5.67. The van der Waals surface area contributed by atoms with Crippen molar-refractivity contribution < 1.29 is 9.46 Å². The Bertz CT molecular complexity index is 173. The zero-order valence-electron chi connectivity index (χ0n) is 7.83. The maximum Gasteiger partial charge on any atom is 0.203 e. The third-order valence-corrected chi connectivity index (χ3v) is 5.34. The quantitative estimate of drug-likeness (QED) is 0.692. The maximum atomic E-state index is 11.7. The second-order valence-electron chi connectivity index (χ2n) is 3.77. The third-order valence-electron chi connectivity index (χ3n) is 2.73. The lowest BCUT2D eigenvalue weighted by atomic mass is 10.4. The molecule has 0 aromatic heterocycles. The first-order valence-electron chi connectivity index (χ1n) is 4.98. The smallest absolute Gasteiger partial charge is 0.203 e. The molecule has 3 heteroatoms. The maximum absolute atomic E-state index is 11.7. The van der Waals surface area contributed by atoms with Crippen LogP contribution in [0.1, 0.15) is 45.4 Å². The molecule has 1 aliphatic rings. The van der Waals surface area contributed by atoms with Crippen LogP contribution in [0, 0.1) is 0 Å². The minimum atomic E-state index is -2.76. The van der Waals surface area contributed by atoms with Crippen LogP contribution < -0.4 is 0 Å². The van der Waals surface area contributed by atoms with Gasteiger partial charge in [0.05, 0.1) is 0 Å². The normalized spacial score (nSPS) is 24.2. The first kappa shape index (κ1) is 10.3. The van der Waals surface area contributed by atoms with E-state index in [0.717, 1.165) is 38.5 Å². The predicted octanol–water partition coefficient (Wildman–Crippen LogP) is 3.00. The van der Waals surface area contributed by atoms with Crippen molar-refractivity contribution in [2.45, 2.75) is 51.1 Å². The second-order valence-corrected chi connectivity index (χ2v) is 6.46. The standard InChI is InChI=1S/C9H19O2P/c1-2-3-8-12(10,11)9-6-4-5-7-9/h9H,2-8H2,1H3,(H,10,11). The highest BCUT2D eigenvalue weighted by atomic mass is 31.2. The van der Waals surface area contributed by atoms with Gasteiger partial charge in [0.25, 0.3) is 0 Å². The van der Waals surface area contributed by atoms with Crippen molar-refractivity contribution in [2.75, 3.05) is 6.16 Å². The van der Waals surface area contributed by atoms with Gasteiger partial charge in [-0.2, -0.15) is 0 Å². The van der Waals surface area contributed by atoms with Crippen molar-refractivity contribution in [3.05, 3.63) is 0 Å². The Hall–Kier alpha value is 0.190. The predicted molar refractivity (Wildman–Crippen MR) is 51.9 cm³/mol. The molecule has 12 heavy (non-hydrogen) atoms. The molecule has 0 radical (unpaired) electrons. The van der Waals surface area contributed by atoms with Crippen molar-refractivity contribution in [3.8, 4) is 0 Å². The molecule has 1 rings (SSSR count). The van der Waals surface area contributed by atoms with E-state index in [-0.39, 0.29) is 5.66 Å². The van der Waals surface area contributed by atoms with Crippen molar-refractivity contribution in [3.63, 3.8) is 0 Å². The molecular formula is C9H19O2P. The fourth-order valence-corrected chi connectivity index (χ4v) is 4.18. The van der Waals surface area contributed by atoms with Crippen LogP contribution in [-0.2, 0) is 4.57 Å². The third kappa shape index (κ3) is 2.60. The van der Waals surface area contributed by atoms with Gasteiger partial charge in [0, 0.05) is 11.8 Å². The summed E-state index contributed by atoms with van der Waals surface area (Å²) in [6.45, 7) is 2.06. The van der Waals surface area contributed by atoms with Crippen molar-refractivity contribution in [1.29, 1.82) is 0 Å². The van der Waals surface area contributed by atoms with Crippen LogP contribution in [-0.4, -0.2) is 16.7 Å². The molecule has 0 aromatic rings. The van der Waals surface area contributed by atoms with E-state index in [0.29, 0.717) is 6.16 Å². The molecule has 1 saturated carbocycles. The molecule has 0 aromatic carbocycles. The van der Waals surface area contributed by atoms with E-state index in [1.54, 1.807) is 0 Å². The summed E-state index contributed by atoms with van der Waals surface area (Å²) in [5.41, 5.74) is 0.143. The molecular weight excluding hydrogens is 171 g/mol. The van der Waals surface area contributed by atoms with Crippen LogP contribution in [0.2, 0.25) is 0 Å². The zero-order chi connectivity index (χ0) is 9.03. The fraction of sp³-hybridized carbons (Fsp3) is 1.00. The monoisotopic (exact) mass is 190 g/mol. The Morgan fingerprint density at radius 1 is 1.42 bits per heavy atom. The van der Waals surface area contributed by atoms with E-state index in [1.807, 2.05) is 0 Å². The summed E-state index contributed by atoms with van der Waals surface area (Å²) in [5.74, 6) is 0. The van der Waals surface area contributed by atoms with E-state index in [1.165, 1.54) is 0 Å². The number of hydrogen-bond acceptors (Lipinski definition) is 1. The summed E-state index contributed by atoms with van der Waals surface area (Å²) in [4.78, 5) is 9.70. The summed E-state index contributed by atoms with van der Waals surface area (Å²) in [7, 11) is -2.76. The van der Waals surface area contributed by atoms with Crippen LogP contribution >= 0.6 is 7.37 Å². The molecule has 0 spiro atoms. The van der Waals surface area contributed by atoms with Crippen LogP contribution in [0.25, 0.3) is 0 Å². The SMILES string of the molecule is CCCCP(=O)(O)C1CCCC1. The lowest BCUT2D eigenvalue weighted by Gasteiger charge is -2.17. The van der Waals surface area contributed by atoms with Gasteiger partial charge >= 0.3 is 0 Å². The first-order valence-corrected chi connectivity index (χ1v) is 6.89. The molecule has 0 saturated heterocycles. The highest BCUT2D eigenvalue weighted by Gasteiger charge is 2.32. The van der Waals surface area contributed by atoms with Gasteiger partial charge in [-0.1, -0.05) is 26.2 Å². The molecule has 1 unspecified atom stereocenters. The number of rotatable bonds is 4.